The molecule has 18 heavy (non-hydrogen) atoms. The van der Waals surface area contributed by atoms with Gasteiger partial charge in [-0.1, -0.05) is 5.21 Å². The average Bonchev–Trinajstić information content (AvgIpc) is 2.76. The molecule has 1 fully saturated rings. The molecule has 7 heteroatoms. The first-order chi connectivity index (χ1) is 8.56. The third-order valence-electron chi connectivity index (χ3n) is 3.34. The Morgan fingerprint density at radius 1 is 1.50 bits per heavy atom. The number of hydrogen-bond donors (Lipinski definition) is 1. The van der Waals surface area contributed by atoms with Gasteiger partial charge in [0, 0.05) is 32.2 Å². The Morgan fingerprint density at radius 3 is 2.89 bits per heavy atom. The van der Waals surface area contributed by atoms with Crippen LogP contribution >= 0.6 is 0 Å². The molecule has 1 aromatic heterocycles. The first-order valence-electron chi connectivity index (χ1n) is 6.12. The van der Waals surface area contributed by atoms with Crippen molar-refractivity contribution in [2.75, 3.05) is 33.2 Å². The zero-order valence-corrected chi connectivity index (χ0v) is 10.8. The summed E-state index contributed by atoms with van der Waals surface area (Å²) in [6.07, 6.45) is 1.48. The van der Waals surface area contributed by atoms with Gasteiger partial charge in [0.1, 0.15) is 0 Å². The summed E-state index contributed by atoms with van der Waals surface area (Å²) in [5.41, 5.74) is 0.00132. The Morgan fingerprint density at radius 2 is 2.28 bits per heavy atom. The van der Waals surface area contributed by atoms with Gasteiger partial charge < -0.3 is 10.0 Å². The topological polar surface area (TPSA) is 74.5 Å². The number of carboxylic acid groups (broad SMARTS) is 1. The van der Waals surface area contributed by atoms with Crippen LogP contribution in [0.25, 0.3) is 0 Å². The van der Waals surface area contributed by atoms with E-state index in [9.17, 15) is 4.79 Å². The summed E-state index contributed by atoms with van der Waals surface area (Å²) < 4.78 is 1.59. The summed E-state index contributed by atoms with van der Waals surface area (Å²) in [6.45, 7) is 6.93. The van der Waals surface area contributed by atoms with Crippen LogP contribution in [0, 0.1) is 0 Å². The van der Waals surface area contributed by atoms with Crippen LogP contribution in [-0.4, -0.2) is 75.1 Å². The highest BCUT2D eigenvalue weighted by Gasteiger charge is 2.21. The molecule has 0 radical (unpaired) electrons. The second kappa shape index (κ2) is 5.45. The molecule has 0 saturated carbocycles. The second-order valence-corrected chi connectivity index (χ2v) is 4.82. The van der Waals surface area contributed by atoms with Gasteiger partial charge in [0.25, 0.3) is 0 Å². The molecule has 0 aliphatic carbocycles. The number of piperazine rings is 1. The Bertz CT molecular complexity index is 419. The lowest BCUT2D eigenvalue weighted by Gasteiger charge is -2.38. The van der Waals surface area contributed by atoms with Crippen molar-refractivity contribution in [1.82, 2.24) is 24.8 Å². The van der Waals surface area contributed by atoms with Crippen LogP contribution in [0.3, 0.4) is 0 Å². The number of rotatable bonds is 4. The van der Waals surface area contributed by atoms with Crippen molar-refractivity contribution in [3.8, 4) is 0 Å². The Kier molecular flexibility index (Phi) is 3.93. The number of aromatic carboxylic acids is 1. The van der Waals surface area contributed by atoms with E-state index < -0.39 is 5.97 Å². The van der Waals surface area contributed by atoms with Gasteiger partial charge in [-0.05, 0) is 14.0 Å². The molecule has 2 heterocycles. The zero-order valence-electron chi connectivity index (χ0n) is 10.8. The monoisotopic (exact) mass is 253 g/mol. The summed E-state index contributed by atoms with van der Waals surface area (Å²) in [4.78, 5) is 15.4. The standard InChI is InChI=1S/C11H19N5O2/c1-9-7-14(2)3-4-15(9)5-6-16-8-10(11(17)18)12-13-16/h8-9H,3-7H2,1-2H3,(H,17,18). The molecule has 0 aromatic carbocycles. The molecule has 100 valence electrons. The Hall–Kier alpha value is -1.47. The highest BCUT2D eigenvalue weighted by molar-refractivity contribution is 5.84. The molecule has 2 rings (SSSR count). The van der Waals surface area contributed by atoms with E-state index in [1.807, 2.05) is 0 Å². The summed E-state index contributed by atoms with van der Waals surface area (Å²) in [5.74, 6) is -1.03. The lowest BCUT2D eigenvalue weighted by Crippen LogP contribution is -2.51. The first kappa shape index (κ1) is 13.0. The van der Waals surface area contributed by atoms with Crippen LogP contribution in [0.1, 0.15) is 17.4 Å². The quantitative estimate of drug-likeness (QED) is 0.788. The van der Waals surface area contributed by atoms with Crippen molar-refractivity contribution < 1.29 is 9.90 Å². The van der Waals surface area contributed by atoms with Crippen LogP contribution in [0.5, 0.6) is 0 Å². The molecular weight excluding hydrogens is 234 g/mol. The highest BCUT2D eigenvalue weighted by Crippen LogP contribution is 2.07. The maximum atomic E-state index is 10.7. The minimum absolute atomic E-state index is 0.00132. The predicted octanol–water partition coefficient (Wildman–Crippen LogP) is -0.388. The van der Waals surface area contributed by atoms with Gasteiger partial charge in [0.2, 0.25) is 0 Å². The van der Waals surface area contributed by atoms with Crippen LogP contribution in [0.4, 0.5) is 0 Å². The minimum atomic E-state index is -1.03. The lowest BCUT2D eigenvalue weighted by atomic mass is 10.2. The van der Waals surface area contributed by atoms with Crippen molar-refractivity contribution in [3.05, 3.63) is 11.9 Å². The largest absolute Gasteiger partial charge is 0.476 e. The fourth-order valence-corrected chi connectivity index (χ4v) is 2.25. The SMILES string of the molecule is CC1CN(C)CCN1CCn1cc(C(=O)O)nn1. The molecule has 1 N–H and O–H groups in total. The zero-order chi connectivity index (χ0) is 13.1. The molecule has 1 atom stereocenters. The fourth-order valence-electron chi connectivity index (χ4n) is 2.25. The number of hydrogen-bond acceptors (Lipinski definition) is 5. The number of likely N-dealkylation sites (N-methyl/N-ethyl adjacent to an activating group) is 1. The molecular formula is C11H19N5O2. The fraction of sp³-hybridized carbons (Fsp3) is 0.727. The van der Waals surface area contributed by atoms with Crippen molar-refractivity contribution in [1.29, 1.82) is 0 Å². The van der Waals surface area contributed by atoms with Gasteiger partial charge in [-0.3, -0.25) is 9.58 Å². The van der Waals surface area contributed by atoms with E-state index in [-0.39, 0.29) is 5.69 Å². The van der Waals surface area contributed by atoms with E-state index in [2.05, 4.69) is 34.1 Å². The molecule has 1 aliphatic heterocycles. The summed E-state index contributed by atoms with van der Waals surface area (Å²) in [7, 11) is 2.13. The number of nitrogens with zero attached hydrogens (tertiary/aromatic N) is 5. The van der Waals surface area contributed by atoms with Crippen molar-refractivity contribution in [2.24, 2.45) is 0 Å². The second-order valence-electron chi connectivity index (χ2n) is 4.82. The van der Waals surface area contributed by atoms with E-state index >= 15 is 0 Å². The number of aromatic nitrogens is 3. The summed E-state index contributed by atoms with van der Waals surface area (Å²) in [5, 5.41) is 16.2. The number of carboxylic acids is 1. The van der Waals surface area contributed by atoms with E-state index in [1.54, 1.807) is 4.68 Å². The van der Waals surface area contributed by atoms with Gasteiger partial charge in [-0.2, -0.15) is 0 Å². The normalized spacial score (nSPS) is 22.2. The van der Waals surface area contributed by atoms with E-state index in [0.29, 0.717) is 12.6 Å². The van der Waals surface area contributed by atoms with Crippen LogP contribution in [-0.2, 0) is 6.54 Å². The lowest BCUT2D eigenvalue weighted by molar-refractivity contribution is 0.0690. The Labute approximate surface area is 106 Å². The minimum Gasteiger partial charge on any atom is -0.476 e. The molecule has 1 aliphatic rings. The molecule has 0 spiro atoms. The van der Waals surface area contributed by atoms with Crippen molar-refractivity contribution in [2.45, 2.75) is 19.5 Å². The molecule has 0 amide bonds. The smallest absolute Gasteiger partial charge is 0.358 e. The van der Waals surface area contributed by atoms with E-state index in [4.69, 9.17) is 5.11 Å². The first-order valence-corrected chi connectivity index (χ1v) is 6.12. The van der Waals surface area contributed by atoms with Gasteiger partial charge in [-0.15, -0.1) is 5.10 Å². The van der Waals surface area contributed by atoms with Crippen LogP contribution in [0.2, 0.25) is 0 Å². The van der Waals surface area contributed by atoms with Gasteiger partial charge in [0.05, 0.1) is 12.7 Å². The molecule has 7 nitrogen and oxygen atoms in total. The predicted molar refractivity (Wildman–Crippen MR) is 65.5 cm³/mol. The molecule has 1 unspecified atom stereocenters. The molecule has 1 saturated heterocycles. The molecule has 0 bridgehead atoms. The van der Waals surface area contributed by atoms with Crippen LogP contribution in [0.15, 0.2) is 6.20 Å². The highest BCUT2D eigenvalue weighted by atomic mass is 16.4. The van der Waals surface area contributed by atoms with Gasteiger partial charge in [0.15, 0.2) is 5.69 Å². The number of carbonyl (C=O) groups is 1. The average molecular weight is 253 g/mol. The van der Waals surface area contributed by atoms with E-state index in [1.165, 1.54) is 6.20 Å². The third-order valence-corrected chi connectivity index (χ3v) is 3.34. The maximum Gasteiger partial charge on any atom is 0.358 e. The molecule has 1 aromatic rings. The Balaban J connectivity index is 1.85. The maximum absolute atomic E-state index is 10.7. The summed E-state index contributed by atoms with van der Waals surface area (Å²) >= 11 is 0. The van der Waals surface area contributed by atoms with Crippen molar-refractivity contribution >= 4 is 5.97 Å². The van der Waals surface area contributed by atoms with Gasteiger partial charge in [-0.25, -0.2) is 4.79 Å². The van der Waals surface area contributed by atoms with Gasteiger partial charge >= 0.3 is 5.97 Å². The summed E-state index contributed by atoms with van der Waals surface area (Å²) in [6, 6.07) is 0.520. The van der Waals surface area contributed by atoms with E-state index in [0.717, 1.165) is 26.2 Å². The van der Waals surface area contributed by atoms with Crippen molar-refractivity contribution in [3.63, 3.8) is 0 Å². The van der Waals surface area contributed by atoms with Crippen LogP contribution < -0.4 is 0 Å². The third kappa shape index (κ3) is 3.05.